The van der Waals surface area contributed by atoms with E-state index in [4.69, 9.17) is 9.47 Å². The highest BCUT2D eigenvalue weighted by molar-refractivity contribution is 6.17. The van der Waals surface area contributed by atoms with Crippen LogP contribution in [0.4, 0.5) is 16.2 Å². The Morgan fingerprint density at radius 3 is 2.24 bits per heavy atom. The van der Waals surface area contributed by atoms with Crippen molar-refractivity contribution in [1.82, 2.24) is 4.90 Å². The van der Waals surface area contributed by atoms with E-state index in [2.05, 4.69) is 12.2 Å². The molecule has 0 spiro atoms. The zero-order valence-electron chi connectivity index (χ0n) is 19.8. The number of carbonyl (C=O) groups excluding carboxylic acids is 3. The van der Waals surface area contributed by atoms with Gasteiger partial charge in [0.25, 0.3) is 0 Å². The number of aryl methyl sites for hydroxylation is 1. The second kappa shape index (κ2) is 10.4. The van der Waals surface area contributed by atoms with Gasteiger partial charge in [-0.1, -0.05) is 37.3 Å². The van der Waals surface area contributed by atoms with Crippen LogP contribution in [0.25, 0.3) is 0 Å². The fourth-order valence-electron chi connectivity index (χ4n) is 4.93. The number of carbonyl (C=O) groups is 3. The number of rotatable bonds is 7. The van der Waals surface area contributed by atoms with Crippen molar-refractivity contribution < 1.29 is 23.9 Å². The molecule has 2 aromatic carbocycles. The van der Waals surface area contributed by atoms with E-state index in [-0.39, 0.29) is 30.6 Å². The molecule has 0 bridgehead atoms. The molecule has 1 heterocycles. The van der Waals surface area contributed by atoms with Crippen LogP contribution in [-0.2, 0) is 25.5 Å². The third-order valence-corrected chi connectivity index (χ3v) is 6.79. The van der Waals surface area contributed by atoms with Gasteiger partial charge in [-0.05, 0) is 49.1 Å². The van der Waals surface area contributed by atoms with Crippen molar-refractivity contribution in [2.45, 2.75) is 44.4 Å². The molecule has 8 heteroatoms. The zero-order chi connectivity index (χ0) is 24.2. The minimum atomic E-state index is -0.500. The monoisotopic (exact) mass is 465 g/mol. The van der Waals surface area contributed by atoms with E-state index < -0.39 is 18.0 Å². The molecule has 1 saturated heterocycles. The van der Waals surface area contributed by atoms with E-state index in [0.717, 1.165) is 6.42 Å². The van der Waals surface area contributed by atoms with Crippen molar-refractivity contribution in [3.63, 3.8) is 0 Å². The minimum Gasteiger partial charge on any atom is -0.379 e. The van der Waals surface area contributed by atoms with Crippen LogP contribution in [0.15, 0.2) is 54.6 Å². The molecule has 4 atom stereocenters. The summed E-state index contributed by atoms with van der Waals surface area (Å²) >= 11 is 0. The maximum atomic E-state index is 13.6. The van der Waals surface area contributed by atoms with E-state index in [9.17, 15) is 14.4 Å². The van der Waals surface area contributed by atoms with Crippen LogP contribution < -0.4 is 10.2 Å². The summed E-state index contributed by atoms with van der Waals surface area (Å²) in [5, 5.41) is 2.88. The summed E-state index contributed by atoms with van der Waals surface area (Å²) in [6.07, 6.45) is 1.19. The Morgan fingerprint density at radius 1 is 0.971 bits per heavy atom. The first-order valence-corrected chi connectivity index (χ1v) is 11.6. The fourth-order valence-corrected chi connectivity index (χ4v) is 4.93. The predicted octanol–water partition coefficient (Wildman–Crippen LogP) is 3.46. The van der Waals surface area contributed by atoms with Crippen molar-refractivity contribution in [1.29, 1.82) is 0 Å². The number of fused-ring (bicyclic) bond motifs is 1. The first-order valence-electron chi connectivity index (χ1n) is 11.6. The predicted molar refractivity (Wildman–Crippen MR) is 129 cm³/mol. The summed E-state index contributed by atoms with van der Waals surface area (Å²) in [5.41, 5.74) is 2.32. The van der Waals surface area contributed by atoms with Gasteiger partial charge >= 0.3 is 6.03 Å². The van der Waals surface area contributed by atoms with Crippen molar-refractivity contribution in [2.24, 2.45) is 5.92 Å². The van der Waals surface area contributed by atoms with Crippen LogP contribution in [0.2, 0.25) is 0 Å². The SMILES string of the molecule is CCc1ccc(NC(=O)CN2C(=O)N(c3ccccc3)C(=O)C3CC(OC)C(OC)CC32)cc1. The van der Waals surface area contributed by atoms with Crippen LogP contribution in [0, 0.1) is 5.92 Å². The number of imide groups is 1. The lowest BCUT2D eigenvalue weighted by atomic mass is 9.78. The van der Waals surface area contributed by atoms with Gasteiger partial charge in [0.05, 0.1) is 23.8 Å². The maximum absolute atomic E-state index is 13.6. The van der Waals surface area contributed by atoms with Gasteiger partial charge in [-0.15, -0.1) is 0 Å². The van der Waals surface area contributed by atoms with Gasteiger partial charge in [-0.2, -0.15) is 0 Å². The molecule has 34 heavy (non-hydrogen) atoms. The molecule has 1 saturated carbocycles. The maximum Gasteiger partial charge on any atom is 0.332 e. The number of para-hydroxylation sites is 1. The highest BCUT2D eigenvalue weighted by atomic mass is 16.5. The summed E-state index contributed by atoms with van der Waals surface area (Å²) in [6.45, 7) is 1.90. The lowest BCUT2D eigenvalue weighted by Crippen LogP contribution is -2.66. The molecular formula is C26H31N3O5. The van der Waals surface area contributed by atoms with Crippen molar-refractivity contribution >= 4 is 29.2 Å². The molecule has 1 aliphatic carbocycles. The first-order chi connectivity index (χ1) is 16.5. The normalized spacial score (nSPS) is 24.7. The minimum absolute atomic E-state index is 0.166. The summed E-state index contributed by atoms with van der Waals surface area (Å²) in [5.74, 6) is -1.09. The Hall–Kier alpha value is -3.23. The number of hydrogen-bond acceptors (Lipinski definition) is 5. The topological polar surface area (TPSA) is 88.2 Å². The second-order valence-corrected chi connectivity index (χ2v) is 8.71. The molecule has 4 amide bonds. The highest BCUT2D eigenvalue weighted by Crippen LogP contribution is 2.38. The van der Waals surface area contributed by atoms with Gasteiger partial charge in [0.15, 0.2) is 0 Å². The second-order valence-electron chi connectivity index (χ2n) is 8.71. The van der Waals surface area contributed by atoms with E-state index in [1.807, 2.05) is 30.3 Å². The van der Waals surface area contributed by atoms with Gasteiger partial charge in [-0.25, -0.2) is 9.69 Å². The average Bonchev–Trinajstić information content (AvgIpc) is 2.87. The van der Waals surface area contributed by atoms with Gasteiger partial charge < -0.3 is 19.7 Å². The zero-order valence-corrected chi connectivity index (χ0v) is 19.8. The lowest BCUT2D eigenvalue weighted by Gasteiger charge is -2.49. The Morgan fingerprint density at radius 2 is 1.62 bits per heavy atom. The van der Waals surface area contributed by atoms with Crippen LogP contribution in [0.1, 0.15) is 25.3 Å². The molecule has 180 valence electrons. The average molecular weight is 466 g/mol. The van der Waals surface area contributed by atoms with E-state index in [1.54, 1.807) is 38.5 Å². The summed E-state index contributed by atoms with van der Waals surface area (Å²) in [4.78, 5) is 42.8. The molecular weight excluding hydrogens is 434 g/mol. The van der Waals surface area contributed by atoms with Crippen LogP contribution >= 0.6 is 0 Å². The van der Waals surface area contributed by atoms with Crippen molar-refractivity contribution in [3.05, 3.63) is 60.2 Å². The largest absolute Gasteiger partial charge is 0.379 e. The number of amides is 4. The molecule has 2 fully saturated rings. The number of methoxy groups -OCH3 is 2. The summed E-state index contributed by atoms with van der Waals surface area (Å²) in [6, 6.07) is 15.5. The van der Waals surface area contributed by atoms with E-state index >= 15 is 0 Å². The van der Waals surface area contributed by atoms with Gasteiger partial charge in [0, 0.05) is 25.9 Å². The molecule has 0 radical (unpaired) electrons. The van der Waals surface area contributed by atoms with Crippen molar-refractivity contribution in [3.8, 4) is 0 Å². The van der Waals surface area contributed by atoms with E-state index in [0.29, 0.717) is 24.2 Å². The number of nitrogens with one attached hydrogen (secondary N) is 1. The highest BCUT2D eigenvalue weighted by Gasteiger charge is 2.52. The Bertz CT molecular complexity index is 1030. The molecule has 1 aliphatic heterocycles. The molecule has 8 nitrogen and oxygen atoms in total. The molecule has 2 aromatic rings. The summed E-state index contributed by atoms with van der Waals surface area (Å²) in [7, 11) is 3.19. The molecule has 4 rings (SSSR count). The molecule has 4 unspecified atom stereocenters. The first kappa shape index (κ1) is 23.9. The van der Waals surface area contributed by atoms with Crippen LogP contribution in [-0.4, -0.2) is 61.8 Å². The number of ether oxygens (including phenoxy) is 2. The Balaban J connectivity index is 1.61. The fraction of sp³-hybridized carbons (Fsp3) is 0.423. The number of nitrogens with zero attached hydrogens (tertiary/aromatic N) is 2. The smallest absolute Gasteiger partial charge is 0.332 e. The number of urea groups is 1. The Labute approximate surface area is 199 Å². The van der Waals surface area contributed by atoms with Crippen molar-refractivity contribution in [2.75, 3.05) is 31.0 Å². The standard InChI is InChI=1S/C26H31N3O5/c1-4-17-10-12-18(13-11-17)27-24(30)16-28-21-15-23(34-3)22(33-2)14-20(21)25(31)29(26(28)32)19-8-6-5-7-9-19/h5-13,20-23H,4,14-16H2,1-3H3,(H,27,30). The molecule has 2 aliphatic rings. The number of benzene rings is 2. The quantitative estimate of drug-likeness (QED) is 0.677. The van der Waals surface area contributed by atoms with Gasteiger partial charge in [0.1, 0.15) is 6.54 Å². The number of anilines is 2. The number of hydrogen-bond donors (Lipinski definition) is 1. The Kier molecular flexibility index (Phi) is 7.29. The third kappa shape index (κ3) is 4.69. The lowest BCUT2D eigenvalue weighted by molar-refractivity contribution is -0.139. The van der Waals surface area contributed by atoms with Crippen LogP contribution in [0.3, 0.4) is 0 Å². The summed E-state index contributed by atoms with van der Waals surface area (Å²) < 4.78 is 11.2. The third-order valence-electron chi connectivity index (χ3n) is 6.79. The molecule has 0 aromatic heterocycles. The molecule has 1 N–H and O–H groups in total. The van der Waals surface area contributed by atoms with Crippen LogP contribution in [0.5, 0.6) is 0 Å². The van der Waals surface area contributed by atoms with Gasteiger partial charge in [0.2, 0.25) is 11.8 Å². The van der Waals surface area contributed by atoms with E-state index in [1.165, 1.54) is 15.4 Å². The van der Waals surface area contributed by atoms with Gasteiger partial charge in [-0.3, -0.25) is 9.59 Å².